The molecule has 0 rings (SSSR count). The van der Waals surface area contributed by atoms with E-state index in [4.69, 9.17) is 0 Å². The van der Waals surface area contributed by atoms with Crippen LogP contribution in [0.2, 0.25) is 0 Å². The largest absolute Gasteiger partial charge is 0.294 e. The van der Waals surface area contributed by atoms with Crippen molar-refractivity contribution in [3.8, 4) is 0 Å². The molecule has 1 heteroatoms. The van der Waals surface area contributed by atoms with E-state index < -0.39 is 0 Å². The van der Waals surface area contributed by atoms with Gasteiger partial charge in [-0.2, -0.15) is 0 Å². The Morgan fingerprint density at radius 2 is 1.64 bits per heavy atom. The number of nitrogens with zero attached hydrogens (tertiary/aromatic N) is 1. The van der Waals surface area contributed by atoms with Crippen molar-refractivity contribution in [2.24, 2.45) is 10.4 Å². The zero-order chi connectivity index (χ0) is 11.6. The summed E-state index contributed by atoms with van der Waals surface area (Å²) < 4.78 is 0. The maximum atomic E-state index is 4.19. The van der Waals surface area contributed by atoms with Gasteiger partial charge in [-0.1, -0.05) is 32.1 Å². The first-order valence-corrected chi connectivity index (χ1v) is 5.01. The van der Waals surface area contributed by atoms with Crippen molar-refractivity contribution in [1.29, 1.82) is 0 Å². The van der Waals surface area contributed by atoms with E-state index in [2.05, 4.69) is 59.0 Å². The van der Waals surface area contributed by atoms with Gasteiger partial charge < -0.3 is 0 Å². The molecule has 0 N–H and O–H groups in total. The molecule has 0 spiro atoms. The van der Waals surface area contributed by atoms with E-state index in [1.54, 1.807) is 0 Å². The molecule has 0 atom stereocenters. The van der Waals surface area contributed by atoms with E-state index in [9.17, 15) is 0 Å². The van der Waals surface area contributed by atoms with Crippen LogP contribution in [0.4, 0.5) is 0 Å². The van der Waals surface area contributed by atoms with Gasteiger partial charge in [0.1, 0.15) is 0 Å². The Kier molecular flexibility index (Phi) is 3.87. The summed E-state index contributed by atoms with van der Waals surface area (Å²) >= 11 is 0. The second-order valence-corrected chi connectivity index (χ2v) is 4.79. The fraction of sp³-hybridized carbons (Fsp3) is 0.615. The molecular formula is C13H23N. The normalized spacial score (nSPS) is 14.0. The average Bonchev–Trinajstić information content (AvgIpc) is 2.14. The van der Waals surface area contributed by atoms with Crippen molar-refractivity contribution in [1.82, 2.24) is 0 Å². The summed E-state index contributed by atoms with van der Waals surface area (Å²) in [7, 11) is 0. The third-order valence-corrected chi connectivity index (χ3v) is 3.59. The first-order valence-electron chi connectivity index (χ1n) is 5.01. The molecule has 1 nitrogen and oxygen atoms in total. The third kappa shape index (κ3) is 2.14. The highest BCUT2D eigenvalue weighted by molar-refractivity contribution is 5.36. The van der Waals surface area contributed by atoms with E-state index >= 15 is 0 Å². The second kappa shape index (κ2) is 4.12. The number of hydrogen-bond acceptors (Lipinski definition) is 1. The van der Waals surface area contributed by atoms with Gasteiger partial charge in [-0.15, -0.1) is 0 Å². The molecule has 0 aromatic rings. The lowest BCUT2D eigenvalue weighted by Gasteiger charge is -2.40. The summed E-state index contributed by atoms with van der Waals surface area (Å²) in [5, 5.41) is 0. The second-order valence-electron chi connectivity index (χ2n) is 4.79. The molecule has 0 aliphatic rings. The smallest absolute Gasteiger partial charge is 0.0635 e. The van der Waals surface area contributed by atoms with Gasteiger partial charge in [0.2, 0.25) is 0 Å². The fourth-order valence-electron chi connectivity index (χ4n) is 1.23. The topological polar surface area (TPSA) is 12.4 Å². The summed E-state index contributed by atoms with van der Waals surface area (Å²) in [6, 6.07) is 0. The van der Waals surface area contributed by atoms with Crippen LogP contribution < -0.4 is 0 Å². The van der Waals surface area contributed by atoms with Crippen LogP contribution in [0.25, 0.3) is 0 Å². The Bertz CT molecular complexity index is 267. The minimum absolute atomic E-state index is 0.0641. The molecule has 0 fully saturated rings. The lowest BCUT2D eigenvalue weighted by molar-refractivity contribution is 0.261. The number of aliphatic imine (C=N–C) groups is 1. The molecule has 0 heterocycles. The third-order valence-electron chi connectivity index (χ3n) is 3.59. The fourth-order valence-corrected chi connectivity index (χ4v) is 1.23. The average molecular weight is 193 g/mol. The van der Waals surface area contributed by atoms with E-state index in [-0.39, 0.29) is 11.0 Å². The molecule has 80 valence electrons. The van der Waals surface area contributed by atoms with Crippen LogP contribution in [-0.2, 0) is 0 Å². The molecule has 0 amide bonds. The van der Waals surface area contributed by atoms with Gasteiger partial charge in [0.15, 0.2) is 0 Å². The Morgan fingerprint density at radius 3 is 1.93 bits per heavy atom. The van der Waals surface area contributed by atoms with Crippen LogP contribution in [0.15, 0.2) is 28.8 Å². The van der Waals surface area contributed by atoms with Crippen LogP contribution in [0.1, 0.15) is 41.5 Å². The molecule has 0 aromatic carbocycles. The number of rotatable bonds is 4. The Morgan fingerprint density at radius 1 is 1.21 bits per heavy atom. The molecular weight excluding hydrogens is 170 g/mol. The number of hydrogen-bond donors (Lipinski definition) is 0. The van der Waals surface area contributed by atoms with Gasteiger partial charge in [-0.3, -0.25) is 4.99 Å². The monoisotopic (exact) mass is 193 g/mol. The van der Waals surface area contributed by atoms with Crippen molar-refractivity contribution in [2.75, 3.05) is 0 Å². The molecule has 14 heavy (non-hydrogen) atoms. The van der Waals surface area contributed by atoms with E-state index in [0.717, 1.165) is 5.57 Å². The van der Waals surface area contributed by atoms with Gasteiger partial charge in [0.25, 0.3) is 0 Å². The standard InChI is InChI=1S/C13H23N/c1-9-10(2)11(3)12(4,5)13(6,7)14-8/h9H,3,8H2,1-2,4-7H3/b10-9-. The quantitative estimate of drug-likeness (QED) is 0.472. The van der Waals surface area contributed by atoms with Gasteiger partial charge in [-0.25, -0.2) is 0 Å². The Hall–Kier alpha value is -0.850. The van der Waals surface area contributed by atoms with Gasteiger partial charge in [0, 0.05) is 5.41 Å². The highest BCUT2D eigenvalue weighted by atomic mass is 14.8. The summed E-state index contributed by atoms with van der Waals surface area (Å²) in [5.74, 6) is 0. The van der Waals surface area contributed by atoms with Crippen LogP contribution in [0.5, 0.6) is 0 Å². The minimum atomic E-state index is -0.186. The minimum Gasteiger partial charge on any atom is -0.294 e. The molecule has 0 saturated carbocycles. The lowest BCUT2D eigenvalue weighted by Crippen LogP contribution is -2.38. The maximum Gasteiger partial charge on any atom is 0.0635 e. The number of allylic oxidation sites excluding steroid dienone is 2. The SMILES string of the molecule is C=NC(C)(C)C(C)(C)C(=C)/C(C)=C\C. The van der Waals surface area contributed by atoms with Crippen molar-refractivity contribution in [3.63, 3.8) is 0 Å². The van der Waals surface area contributed by atoms with E-state index in [1.807, 2.05) is 6.92 Å². The molecule has 0 unspecified atom stereocenters. The summed E-state index contributed by atoms with van der Waals surface area (Å²) in [5.41, 5.74) is 2.11. The molecule has 0 bridgehead atoms. The van der Waals surface area contributed by atoms with Crippen LogP contribution in [0, 0.1) is 5.41 Å². The van der Waals surface area contributed by atoms with Gasteiger partial charge in [0.05, 0.1) is 5.54 Å². The molecule has 0 aromatic heterocycles. The molecule has 0 saturated heterocycles. The van der Waals surface area contributed by atoms with Gasteiger partial charge >= 0.3 is 0 Å². The van der Waals surface area contributed by atoms with Crippen LogP contribution in [-0.4, -0.2) is 12.3 Å². The van der Waals surface area contributed by atoms with Crippen molar-refractivity contribution >= 4 is 6.72 Å². The summed E-state index contributed by atoms with van der Waals surface area (Å²) in [6.45, 7) is 20.4. The zero-order valence-corrected chi connectivity index (χ0v) is 10.4. The summed E-state index contributed by atoms with van der Waals surface area (Å²) in [4.78, 5) is 4.19. The van der Waals surface area contributed by atoms with Crippen LogP contribution >= 0.6 is 0 Å². The molecule has 0 aliphatic heterocycles. The summed E-state index contributed by atoms with van der Waals surface area (Å²) in [6.07, 6.45) is 2.09. The highest BCUT2D eigenvalue weighted by Gasteiger charge is 2.38. The van der Waals surface area contributed by atoms with Crippen molar-refractivity contribution in [3.05, 3.63) is 23.8 Å². The molecule has 0 aliphatic carbocycles. The predicted octanol–water partition coefficient (Wildman–Crippen LogP) is 4.01. The van der Waals surface area contributed by atoms with E-state index in [0.29, 0.717) is 0 Å². The first-order chi connectivity index (χ1) is 6.20. The van der Waals surface area contributed by atoms with Gasteiger partial charge in [-0.05, 0) is 40.0 Å². The van der Waals surface area contributed by atoms with Crippen molar-refractivity contribution in [2.45, 2.75) is 47.1 Å². The maximum absolute atomic E-state index is 4.19. The van der Waals surface area contributed by atoms with Crippen molar-refractivity contribution < 1.29 is 0 Å². The zero-order valence-electron chi connectivity index (χ0n) is 10.4. The Balaban J connectivity index is 5.16. The lowest BCUT2D eigenvalue weighted by atomic mass is 9.68. The van der Waals surface area contributed by atoms with E-state index in [1.165, 1.54) is 5.57 Å². The highest BCUT2D eigenvalue weighted by Crippen LogP contribution is 2.42. The molecule has 0 radical (unpaired) electrons. The Labute approximate surface area is 88.6 Å². The predicted molar refractivity (Wildman–Crippen MR) is 66.0 cm³/mol. The first kappa shape index (κ1) is 13.2. The van der Waals surface area contributed by atoms with Crippen LogP contribution in [0.3, 0.4) is 0 Å².